The Morgan fingerprint density at radius 1 is 1.09 bits per heavy atom. The minimum atomic E-state index is -0.553. The topological polar surface area (TPSA) is 60.0 Å². The molecule has 1 saturated heterocycles. The van der Waals surface area contributed by atoms with Gasteiger partial charge in [0.15, 0.2) is 0 Å². The predicted octanol–water partition coefficient (Wildman–Crippen LogP) is 6.09. The van der Waals surface area contributed by atoms with Crippen molar-refractivity contribution in [3.63, 3.8) is 0 Å². The molecule has 1 aromatic rings. The first kappa shape index (κ1) is 25.2. The molecule has 7 heteroatoms. The van der Waals surface area contributed by atoms with Gasteiger partial charge in [-0.2, -0.15) is 0 Å². The van der Waals surface area contributed by atoms with Crippen molar-refractivity contribution in [3.8, 4) is 11.5 Å². The van der Waals surface area contributed by atoms with Crippen LogP contribution in [0.3, 0.4) is 0 Å². The summed E-state index contributed by atoms with van der Waals surface area (Å²) in [6.07, 6.45) is 7.27. The number of ether oxygens (including phenoxy) is 3. The van der Waals surface area contributed by atoms with Crippen molar-refractivity contribution in [1.82, 2.24) is 4.90 Å². The number of halogens is 1. The molecule has 0 spiro atoms. The SMILES string of the molecule is COc1cc(OC2CCN(CC3CCC(CBr)CC3)CC2)ccc1NC(=O)OC(C)(C)C. The van der Waals surface area contributed by atoms with Crippen LogP contribution >= 0.6 is 15.9 Å². The standard InChI is InChI=1S/C25H39BrN2O4/c1-25(2,3)32-24(29)27-22-10-9-21(15-23(22)30-4)31-20-11-13-28(14-12-20)17-19-7-5-18(16-26)6-8-19/h9-10,15,18-20H,5-8,11-14,16-17H2,1-4H3,(H,27,29). The van der Waals surface area contributed by atoms with Crippen LogP contribution < -0.4 is 14.8 Å². The molecule has 0 bridgehead atoms. The number of piperidine rings is 1. The summed E-state index contributed by atoms with van der Waals surface area (Å²) in [5.41, 5.74) is 0.0148. The number of alkyl halides is 1. The van der Waals surface area contributed by atoms with Gasteiger partial charge < -0.3 is 19.1 Å². The van der Waals surface area contributed by atoms with Crippen LogP contribution in [0.25, 0.3) is 0 Å². The molecule has 1 saturated carbocycles. The molecule has 1 heterocycles. The monoisotopic (exact) mass is 510 g/mol. The zero-order valence-electron chi connectivity index (χ0n) is 20.0. The molecule has 32 heavy (non-hydrogen) atoms. The second-order valence-corrected chi connectivity index (χ2v) is 10.8. The highest BCUT2D eigenvalue weighted by Gasteiger charge is 2.26. The van der Waals surface area contributed by atoms with Gasteiger partial charge in [0.2, 0.25) is 0 Å². The Hall–Kier alpha value is -1.47. The summed E-state index contributed by atoms with van der Waals surface area (Å²) in [7, 11) is 1.59. The van der Waals surface area contributed by atoms with Gasteiger partial charge in [0, 0.05) is 31.0 Å². The minimum absolute atomic E-state index is 0.213. The van der Waals surface area contributed by atoms with Crippen molar-refractivity contribution in [2.75, 3.05) is 37.4 Å². The van der Waals surface area contributed by atoms with Crippen molar-refractivity contribution in [2.24, 2.45) is 11.8 Å². The fourth-order valence-electron chi connectivity index (χ4n) is 4.60. The van der Waals surface area contributed by atoms with E-state index >= 15 is 0 Å². The van der Waals surface area contributed by atoms with Crippen molar-refractivity contribution in [3.05, 3.63) is 18.2 Å². The van der Waals surface area contributed by atoms with Crippen LogP contribution in [0.2, 0.25) is 0 Å². The van der Waals surface area contributed by atoms with E-state index in [1.54, 1.807) is 13.2 Å². The number of hydrogen-bond donors (Lipinski definition) is 1. The molecular weight excluding hydrogens is 472 g/mol. The lowest BCUT2D eigenvalue weighted by atomic mass is 9.82. The van der Waals surface area contributed by atoms with E-state index in [1.165, 1.54) is 32.2 Å². The normalized spacial score (nSPS) is 22.9. The molecule has 1 N–H and O–H groups in total. The number of amides is 1. The fraction of sp³-hybridized carbons (Fsp3) is 0.720. The van der Waals surface area contributed by atoms with Crippen LogP contribution in [-0.2, 0) is 4.74 Å². The quantitative estimate of drug-likeness (QED) is 0.449. The van der Waals surface area contributed by atoms with E-state index in [1.807, 2.05) is 32.9 Å². The molecule has 0 aromatic heterocycles. The predicted molar refractivity (Wildman–Crippen MR) is 132 cm³/mol. The number of likely N-dealkylation sites (tertiary alicyclic amines) is 1. The number of nitrogens with one attached hydrogen (secondary N) is 1. The Kier molecular flexibility index (Phi) is 9.12. The molecule has 1 amide bonds. The number of anilines is 1. The molecule has 0 unspecified atom stereocenters. The van der Waals surface area contributed by atoms with Crippen molar-refractivity contribution >= 4 is 27.7 Å². The van der Waals surface area contributed by atoms with E-state index in [2.05, 4.69) is 26.1 Å². The van der Waals surface area contributed by atoms with E-state index in [9.17, 15) is 4.79 Å². The van der Waals surface area contributed by atoms with Crippen molar-refractivity contribution in [2.45, 2.75) is 71.0 Å². The van der Waals surface area contributed by atoms with Crippen LogP contribution in [0, 0.1) is 11.8 Å². The number of nitrogens with zero attached hydrogens (tertiary/aromatic N) is 1. The highest BCUT2D eigenvalue weighted by atomic mass is 79.9. The number of carbonyl (C=O) groups is 1. The lowest BCUT2D eigenvalue weighted by Gasteiger charge is -2.36. The first-order valence-electron chi connectivity index (χ1n) is 11.9. The third-order valence-electron chi connectivity index (χ3n) is 6.35. The van der Waals surface area contributed by atoms with E-state index in [0.717, 1.165) is 48.8 Å². The lowest BCUT2D eigenvalue weighted by Crippen LogP contribution is -2.41. The van der Waals surface area contributed by atoms with Gasteiger partial charge in [0.25, 0.3) is 0 Å². The fourth-order valence-corrected chi connectivity index (χ4v) is 5.24. The summed E-state index contributed by atoms with van der Waals surface area (Å²) >= 11 is 3.64. The van der Waals surface area contributed by atoms with Crippen LogP contribution in [-0.4, -0.2) is 54.8 Å². The average Bonchev–Trinajstić information content (AvgIpc) is 2.75. The third-order valence-corrected chi connectivity index (χ3v) is 7.26. The van der Waals surface area contributed by atoms with Crippen LogP contribution in [0.1, 0.15) is 59.3 Å². The molecule has 2 aliphatic rings. The van der Waals surface area contributed by atoms with Crippen molar-refractivity contribution in [1.29, 1.82) is 0 Å². The first-order chi connectivity index (χ1) is 15.3. The second kappa shape index (κ2) is 11.6. The smallest absolute Gasteiger partial charge is 0.412 e. The molecule has 1 aliphatic heterocycles. The molecular formula is C25H39BrN2O4. The van der Waals surface area contributed by atoms with Gasteiger partial charge in [-0.1, -0.05) is 15.9 Å². The molecule has 2 fully saturated rings. The van der Waals surface area contributed by atoms with Gasteiger partial charge in [-0.25, -0.2) is 4.79 Å². The van der Waals surface area contributed by atoms with E-state index in [0.29, 0.717) is 11.4 Å². The Bertz CT molecular complexity index is 736. The molecule has 1 aliphatic carbocycles. The zero-order valence-corrected chi connectivity index (χ0v) is 21.6. The van der Waals surface area contributed by atoms with Crippen LogP contribution in [0.4, 0.5) is 10.5 Å². The Labute approximate surface area is 201 Å². The van der Waals surface area contributed by atoms with E-state index in [4.69, 9.17) is 14.2 Å². The zero-order chi connectivity index (χ0) is 23.1. The lowest BCUT2D eigenvalue weighted by molar-refractivity contribution is 0.0635. The largest absolute Gasteiger partial charge is 0.494 e. The van der Waals surface area contributed by atoms with Gasteiger partial charge in [-0.05, 0) is 83.3 Å². The maximum Gasteiger partial charge on any atom is 0.412 e. The van der Waals surface area contributed by atoms with Gasteiger partial charge in [0.1, 0.15) is 23.2 Å². The molecule has 0 radical (unpaired) electrons. The van der Waals surface area contributed by atoms with E-state index < -0.39 is 11.7 Å². The minimum Gasteiger partial charge on any atom is -0.494 e. The Balaban J connectivity index is 1.46. The Morgan fingerprint density at radius 3 is 2.34 bits per heavy atom. The van der Waals surface area contributed by atoms with Gasteiger partial charge in [-0.15, -0.1) is 0 Å². The van der Waals surface area contributed by atoms with Gasteiger partial charge >= 0.3 is 6.09 Å². The summed E-state index contributed by atoms with van der Waals surface area (Å²) in [5, 5.41) is 3.91. The molecule has 180 valence electrons. The third kappa shape index (κ3) is 7.84. The molecule has 3 rings (SSSR count). The first-order valence-corrected chi connectivity index (χ1v) is 13.0. The summed E-state index contributed by atoms with van der Waals surface area (Å²) in [6, 6.07) is 5.52. The summed E-state index contributed by atoms with van der Waals surface area (Å²) in [6.45, 7) is 8.93. The number of rotatable bonds is 7. The average molecular weight is 512 g/mol. The number of carbonyl (C=O) groups excluding carboxylic acids is 1. The number of methoxy groups -OCH3 is 1. The van der Waals surface area contributed by atoms with E-state index in [-0.39, 0.29) is 6.10 Å². The van der Waals surface area contributed by atoms with Crippen molar-refractivity contribution < 1.29 is 19.0 Å². The second-order valence-electron chi connectivity index (χ2n) is 10.1. The van der Waals surface area contributed by atoms with Crippen LogP contribution in [0.5, 0.6) is 11.5 Å². The molecule has 6 nitrogen and oxygen atoms in total. The maximum atomic E-state index is 12.1. The molecule has 1 aromatic carbocycles. The maximum absolute atomic E-state index is 12.1. The molecule has 0 atom stereocenters. The Morgan fingerprint density at radius 2 is 1.75 bits per heavy atom. The van der Waals surface area contributed by atoms with Gasteiger partial charge in [0.05, 0.1) is 12.8 Å². The summed E-state index contributed by atoms with van der Waals surface area (Å²) < 4.78 is 17.0. The summed E-state index contributed by atoms with van der Waals surface area (Å²) in [5.74, 6) is 3.07. The highest BCUT2D eigenvalue weighted by Crippen LogP contribution is 2.33. The number of hydrogen-bond acceptors (Lipinski definition) is 5. The highest BCUT2D eigenvalue weighted by molar-refractivity contribution is 9.09. The number of benzene rings is 1. The van der Waals surface area contributed by atoms with Gasteiger partial charge in [-0.3, -0.25) is 5.32 Å². The summed E-state index contributed by atoms with van der Waals surface area (Å²) in [4.78, 5) is 14.7. The van der Waals surface area contributed by atoms with Crippen LogP contribution in [0.15, 0.2) is 18.2 Å².